The highest BCUT2D eigenvalue weighted by Gasteiger charge is 2.38. The number of hydrogen-bond donors (Lipinski definition) is 5. The summed E-state index contributed by atoms with van der Waals surface area (Å²) in [6, 6.07) is 24.3. The molecule has 234 valence electrons. The summed E-state index contributed by atoms with van der Waals surface area (Å²) in [6.07, 6.45) is -4.62. The third-order valence-electron chi connectivity index (χ3n) is 7.55. The molecule has 4 aromatic carbocycles. The summed E-state index contributed by atoms with van der Waals surface area (Å²) in [5.74, 6) is -0.369. The summed E-state index contributed by atoms with van der Waals surface area (Å²) in [7, 11) is -7.50. The van der Waals surface area contributed by atoms with Gasteiger partial charge in [-0.25, -0.2) is 18.1 Å². The van der Waals surface area contributed by atoms with Crippen molar-refractivity contribution in [3.63, 3.8) is 0 Å². The van der Waals surface area contributed by atoms with E-state index in [9.17, 15) is 35.5 Å². The lowest BCUT2D eigenvalue weighted by molar-refractivity contribution is -0.137. The van der Waals surface area contributed by atoms with Crippen molar-refractivity contribution in [3.8, 4) is 11.1 Å². The van der Waals surface area contributed by atoms with Crippen molar-refractivity contribution in [2.45, 2.75) is 35.2 Å². The van der Waals surface area contributed by atoms with E-state index in [0.717, 1.165) is 23.3 Å². The van der Waals surface area contributed by atoms with Crippen LogP contribution in [0.15, 0.2) is 102 Å². The predicted octanol–water partition coefficient (Wildman–Crippen LogP) is 6.74. The molecule has 6 rings (SSSR count). The van der Waals surface area contributed by atoms with Crippen LogP contribution in [0.3, 0.4) is 0 Å². The monoisotopic (exact) mass is 656 g/mol. The molecule has 1 saturated heterocycles. The van der Waals surface area contributed by atoms with Crippen LogP contribution in [0.4, 0.5) is 13.2 Å². The zero-order valence-corrected chi connectivity index (χ0v) is 25.0. The van der Waals surface area contributed by atoms with Gasteiger partial charge in [0.1, 0.15) is 11.1 Å². The fraction of sp³-hybridized carbons (Fsp3) is 0.161. The summed E-state index contributed by atoms with van der Waals surface area (Å²) in [5.41, 5.74) is 2.31. The highest BCUT2D eigenvalue weighted by atomic mass is 32.3. The lowest BCUT2D eigenvalue weighted by Crippen LogP contribution is -2.31. The lowest BCUT2D eigenvalue weighted by atomic mass is 10.0. The molecule has 0 radical (unpaired) electrons. The SMILES string of the molecule is O=C1C[C@@H](c2ccc(C[C@H](NS(=O)(=O)c3ccc(-c4ccccc4)cc3)c3nc4ccc(C(F)(F)F)cc4[nH]3)cc2)S(O)(O)N1. The van der Waals surface area contributed by atoms with E-state index < -0.39 is 49.7 Å². The van der Waals surface area contributed by atoms with E-state index in [2.05, 4.69) is 19.4 Å². The van der Waals surface area contributed by atoms with Gasteiger partial charge in [0.2, 0.25) is 15.9 Å². The zero-order valence-electron chi connectivity index (χ0n) is 23.3. The molecule has 2 atom stereocenters. The molecule has 0 aliphatic carbocycles. The van der Waals surface area contributed by atoms with Crippen molar-refractivity contribution in [1.82, 2.24) is 19.4 Å². The number of fused-ring (bicyclic) bond motifs is 1. The van der Waals surface area contributed by atoms with Gasteiger partial charge in [-0.15, -0.1) is 10.8 Å². The van der Waals surface area contributed by atoms with Crippen LogP contribution in [0.2, 0.25) is 0 Å². The first-order valence-electron chi connectivity index (χ1n) is 13.7. The van der Waals surface area contributed by atoms with Gasteiger partial charge < -0.3 is 4.98 Å². The smallest absolute Gasteiger partial charge is 0.341 e. The number of benzene rings is 4. The number of carbonyl (C=O) groups excluding carboxylic acids is 1. The topological polar surface area (TPSA) is 144 Å². The Balaban J connectivity index is 1.32. The van der Waals surface area contributed by atoms with Gasteiger partial charge in [0.05, 0.1) is 34.0 Å². The van der Waals surface area contributed by atoms with Gasteiger partial charge in [0, 0.05) is 0 Å². The largest absolute Gasteiger partial charge is 0.416 e. The molecule has 0 unspecified atom stereocenters. The third kappa shape index (κ3) is 6.60. The number of aromatic amines is 1. The van der Waals surface area contributed by atoms with Gasteiger partial charge in [-0.1, -0.05) is 66.7 Å². The van der Waals surface area contributed by atoms with Crippen LogP contribution in [0.1, 0.15) is 40.2 Å². The van der Waals surface area contributed by atoms with Crippen LogP contribution in [0.5, 0.6) is 0 Å². The van der Waals surface area contributed by atoms with Crippen molar-refractivity contribution < 1.29 is 35.5 Å². The van der Waals surface area contributed by atoms with Gasteiger partial charge in [0.15, 0.2) is 0 Å². The molecular formula is C31H27F3N4O5S2. The first-order chi connectivity index (χ1) is 21.3. The Labute approximate surface area is 258 Å². The standard InChI is InChI=1S/C31H27F3N4O5S2/c32-31(33,34)23-12-15-25-26(17-23)36-30(35-25)27(16-19-6-8-22(9-7-19)28-18-29(39)38-45(28,42)43)37-44(40,41)24-13-10-21(11-14-24)20-4-2-1-3-5-20/h1-15,17,27-28,37,42-43H,16,18H2,(H,35,36)(H,38,39)/t27-,28-/m0/s1. The maximum absolute atomic E-state index is 13.6. The minimum Gasteiger partial charge on any atom is -0.341 e. The third-order valence-corrected chi connectivity index (χ3v) is 10.8. The Hall–Kier alpha value is -4.21. The lowest BCUT2D eigenvalue weighted by Gasteiger charge is -2.32. The number of hydrogen-bond acceptors (Lipinski definition) is 6. The van der Waals surface area contributed by atoms with Gasteiger partial charge >= 0.3 is 6.18 Å². The number of sulfonamides is 1. The van der Waals surface area contributed by atoms with E-state index in [4.69, 9.17) is 0 Å². The van der Waals surface area contributed by atoms with Crippen LogP contribution >= 0.6 is 10.8 Å². The minimum absolute atomic E-state index is 0.0124. The van der Waals surface area contributed by atoms with Crippen LogP contribution in [-0.2, 0) is 27.4 Å². The van der Waals surface area contributed by atoms with Gasteiger partial charge in [-0.2, -0.15) is 13.2 Å². The van der Waals surface area contributed by atoms with Crippen molar-refractivity contribution in [2.24, 2.45) is 0 Å². The molecule has 0 spiro atoms. The summed E-state index contributed by atoms with van der Waals surface area (Å²) in [4.78, 5) is 19.0. The van der Waals surface area contributed by atoms with Crippen molar-refractivity contribution in [3.05, 3.63) is 120 Å². The predicted molar refractivity (Wildman–Crippen MR) is 165 cm³/mol. The Bertz CT molecular complexity index is 1970. The van der Waals surface area contributed by atoms with Gasteiger partial charge in [0.25, 0.3) is 0 Å². The summed E-state index contributed by atoms with van der Waals surface area (Å²) in [5, 5.41) is -0.828. The molecule has 14 heteroatoms. The average molecular weight is 657 g/mol. The molecule has 5 N–H and O–H groups in total. The Morgan fingerprint density at radius 3 is 2.22 bits per heavy atom. The molecule has 0 saturated carbocycles. The van der Waals surface area contributed by atoms with Crippen LogP contribution in [0.25, 0.3) is 22.2 Å². The molecule has 1 fully saturated rings. The minimum atomic E-state index is -4.57. The fourth-order valence-electron chi connectivity index (χ4n) is 5.25. The fourth-order valence-corrected chi connectivity index (χ4v) is 7.94. The quantitative estimate of drug-likeness (QED) is 0.125. The Morgan fingerprint density at radius 1 is 0.933 bits per heavy atom. The molecule has 1 aromatic heterocycles. The van der Waals surface area contributed by atoms with Crippen LogP contribution < -0.4 is 9.44 Å². The number of carbonyl (C=O) groups is 1. The number of halogens is 3. The number of nitrogens with one attached hydrogen (secondary N) is 3. The van der Waals surface area contributed by atoms with Crippen LogP contribution in [-0.4, -0.2) is 33.4 Å². The zero-order chi connectivity index (χ0) is 32.0. The van der Waals surface area contributed by atoms with Crippen molar-refractivity contribution in [2.75, 3.05) is 0 Å². The molecule has 5 aromatic rings. The second-order valence-electron chi connectivity index (χ2n) is 10.7. The summed E-state index contributed by atoms with van der Waals surface area (Å²) < 4.78 is 92.6. The molecule has 1 aliphatic heterocycles. The number of aromatic nitrogens is 2. The van der Waals surface area contributed by atoms with Gasteiger partial charge in [-0.3, -0.25) is 18.6 Å². The number of rotatable bonds is 8. The first kappa shape index (κ1) is 30.8. The molecule has 45 heavy (non-hydrogen) atoms. The highest BCUT2D eigenvalue weighted by molar-refractivity contribution is 8.23. The maximum Gasteiger partial charge on any atom is 0.416 e. The Kier molecular flexibility index (Phi) is 7.95. The number of H-pyrrole nitrogens is 1. The highest BCUT2D eigenvalue weighted by Crippen LogP contribution is 2.56. The van der Waals surface area contributed by atoms with E-state index in [0.29, 0.717) is 11.1 Å². The molecular weight excluding hydrogens is 629 g/mol. The molecule has 2 heterocycles. The molecule has 9 nitrogen and oxygen atoms in total. The Morgan fingerprint density at radius 2 is 1.60 bits per heavy atom. The van der Waals surface area contributed by atoms with E-state index in [1.807, 2.05) is 30.3 Å². The molecule has 1 amide bonds. The number of alkyl halides is 3. The number of nitrogens with zero attached hydrogens (tertiary/aromatic N) is 1. The summed E-state index contributed by atoms with van der Waals surface area (Å²) in [6.45, 7) is 0. The van der Waals surface area contributed by atoms with Crippen molar-refractivity contribution >= 4 is 37.7 Å². The molecule has 0 bridgehead atoms. The van der Waals surface area contributed by atoms with E-state index >= 15 is 0 Å². The van der Waals surface area contributed by atoms with E-state index in [1.54, 1.807) is 36.4 Å². The normalized spacial score (nSPS) is 18.1. The number of imidazole rings is 1. The van der Waals surface area contributed by atoms with Crippen LogP contribution in [0, 0.1) is 0 Å². The first-order valence-corrected chi connectivity index (χ1v) is 16.8. The van der Waals surface area contributed by atoms with Crippen molar-refractivity contribution in [1.29, 1.82) is 0 Å². The van der Waals surface area contributed by atoms with Gasteiger partial charge in [-0.05, 0) is 59.0 Å². The average Bonchev–Trinajstić information content (AvgIpc) is 3.55. The second kappa shape index (κ2) is 11.6. The molecule has 1 aliphatic rings. The summed E-state index contributed by atoms with van der Waals surface area (Å²) >= 11 is 0. The maximum atomic E-state index is 13.6. The van der Waals surface area contributed by atoms with E-state index in [1.165, 1.54) is 18.2 Å². The number of amides is 1. The second-order valence-corrected chi connectivity index (χ2v) is 14.3. The van der Waals surface area contributed by atoms with E-state index in [-0.39, 0.29) is 34.6 Å².